The third-order valence-electron chi connectivity index (χ3n) is 6.14. The molecule has 3 rings (SSSR count). The molecular formula is C28H28Cl2F3N3O4S. The zero-order valence-electron chi connectivity index (χ0n) is 22.2. The molecule has 0 heterocycles. The average molecular weight is 631 g/mol. The molecule has 0 aliphatic heterocycles. The van der Waals surface area contributed by atoms with Crippen LogP contribution in [-0.4, -0.2) is 50.5 Å². The van der Waals surface area contributed by atoms with Crippen molar-refractivity contribution in [3.05, 3.63) is 99.5 Å². The Morgan fingerprint density at radius 1 is 0.951 bits per heavy atom. The van der Waals surface area contributed by atoms with Gasteiger partial charge in [-0.2, -0.15) is 13.2 Å². The van der Waals surface area contributed by atoms with Gasteiger partial charge in [-0.05, 0) is 42.3 Å². The second-order valence-corrected chi connectivity index (χ2v) is 11.9. The molecule has 220 valence electrons. The lowest BCUT2D eigenvalue weighted by molar-refractivity contribution is -0.140. The number of nitrogens with one attached hydrogen (secondary N) is 1. The van der Waals surface area contributed by atoms with Crippen LogP contribution >= 0.6 is 23.2 Å². The van der Waals surface area contributed by atoms with Crippen molar-refractivity contribution in [1.29, 1.82) is 0 Å². The van der Waals surface area contributed by atoms with E-state index in [1.807, 2.05) is 0 Å². The fourth-order valence-corrected chi connectivity index (χ4v) is 5.42. The van der Waals surface area contributed by atoms with Gasteiger partial charge in [0, 0.05) is 24.5 Å². The summed E-state index contributed by atoms with van der Waals surface area (Å²) in [6.45, 7) is 0.923. The quantitative estimate of drug-likeness (QED) is 0.301. The van der Waals surface area contributed by atoms with Gasteiger partial charge in [-0.3, -0.25) is 13.9 Å². The molecule has 0 bridgehead atoms. The second-order valence-electron chi connectivity index (χ2n) is 9.14. The minimum absolute atomic E-state index is 0.0842. The average Bonchev–Trinajstić information content (AvgIpc) is 2.90. The molecular weight excluding hydrogens is 602 g/mol. The predicted octanol–water partition coefficient (Wildman–Crippen LogP) is 5.55. The Morgan fingerprint density at radius 3 is 2.17 bits per heavy atom. The van der Waals surface area contributed by atoms with E-state index in [1.165, 1.54) is 4.90 Å². The topological polar surface area (TPSA) is 86.8 Å². The SMILES string of the molecule is CCNC(=O)C(Cc1ccccc1)N(Cc1ccccc1Cl)C(=O)CN(c1ccc(Cl)c(C(F)(F)F)c1)S(C)(=O)=O. The maximum atomic E-state index is 13.9. The van der Waals surface area contributed by atoms with Gasteiger partial charge < -0.3 is 10.2 Å². The van der Waals surface area contributed by atoms with Crippen molar-refractivity contribution in [3.63, 3.8) is 0 Å². The Hall–Kier alpha value is -3.28. The minimum atomic E-state index is -4.87. The first kappa shape index (κ1) is 32.2. The maximum absolute atomic E-state index is 13.9. The number of likely N-dealkylation sites (N-methyl/N-ethyl adjacent to an activating group) is 1. The van der Waals surface area contributed by atoms with Gasteiger partial charge in [0.05, 0.1) is 22.5 Å². The number of alkyl halides is 3. The lowest BCUT2D eigenvalue weighted by atomic mass is 10.0. The fourth-order valence-electron chi connectivity index (χ4n) is 4.16. The highest BCUT2D eigenvalue weighted by atomic mass is 35.5. The first-order valence-electron chi connectivity index (χ1n) is 12.4. The van der Waals surface area contributed by atoms with Gasteiger partial charge in [-0.25, -0.2) is 8.42 Å². The lowest BCUT2D eigenvalue weighted by Crippen LogP contribution is -2.53. The molecule has 0 fully saturated rings. The van der Waals surface area contributed by atoms with E-state index < -0.39 is 56.9 Å². The molecule has 3 aromatic rings. The third-order valence-corrected chi connectivity index (χ3v) is 7.98. The number of nitrogens with zero attached hydrogens (tertiary/aromatic N) is 2. The number of carbonyl (C=O) groups is 2. The van der Waals surface area contributed by atoms with E-state index in [4.69, 9.17) is 23.2 Å². The van der Waals surface area contributed by atoms with Gasteiger partial charge in [0.1, 0.15) is 12.6 Å². The smallest absolute Gasteiger partial charge is 0.355 e. The molecule has 2 amide bonds. The number of carbonyl (C=O) groups excluding carboxylic acids is 2. The van der Waals surface area contributed by atoms with E-state index in [0.717, 1.165) is 24.0 Å². The summed E-state index contributed by atoms with van der Waals surface area (Å²) >= 11 is 12.1. The van der Waals surface area contributed by atoms with Crippen molar-refractivity contribution < 1.29 is 31.2 Å². The summed E-state index contributed by atoms with van der Waals surface area (Å²) in [5.74, 6) is -1.32. The van der Waals surface area contributed by atoms with Gasteiger partial charge in [-0.15, -0.1) is 0 Å². The number of halogens is 5. The van der Waals surface area contributed by atoms with Crippen LogP contribution in [0.4, 0.5) is 18.9 Å². The molecule has 0 aliphatic rings. The monoisotopic (exact) mass is 629 g/mol. The summed E-state index contributed by atoms with van der Waals surface area (Å²) in [4.78, 5) is 28.4. The Balaban J connectivity index is 2.09. The number of sulfonamides is 1. The summed E-state index contributed by atoms with van der Waals surface area (Å²) in [7, 11) is -4.27. The highest BCUT2D eigenvalue weighted by Crippen LogP contribution is 2.37. The van der Waals surface area contributed by atoms with Crippen LogP contribution in [0.2, 0.25) is 10.0 Å². The Morgan fingerprint density at radius 2 is 1.59 bits per heavy atom. The van der Waals surface area contributed by atoms with Crippen LogP contribution < -0.4 is 9.62 Å². The van der Waals surface area contributed by atoms with Crippen molar-refractivity contribution in [2.45, 2.75) is 32.1 Å². The van der Waals surface area contributed by atoms with E-state index >= 15 is 0 Å². The number of hydrogen-bond donors (Lipinski definition) is 1. The molecule has 0 aromatic heterocycles. The van der Waals surface area contributed by atoms with Crippen LogP contribution in [-0.2, 0) is 38.8 Å². The summed E-state index contributed by atoms with van der Waals surface area (Å²) in [5.41, 5.74) is -0.447. The number of rotatable bonds is 11. The van der Waals surface area contributed by atoms with Crippen LogP contribution in [0, 0.1) is 0 Å². The summed E-state index contributed by atoms with van der Waals surface area (Å²) in [6, 6.07) is 17.0. The molecule has 1 atom stereocenters. The van der Waals surface area contributed by atoms with Gasteiger partial charge in [0.25, 0.3) is 0 Å². The first-order chi connectivity index (χ1) is 19.2. The van der Waals surface area contributed by atoms with Crippen LogP contribution in [0.3, 0.4) is 0 Å². The summed E-state index contributed by atoms with van der Waals surface area (Å²) < 4.78 is 66.8. The highest BCUT2D eigenvalue weighted by Gasteiger charge is 2.36. The molecule has 7 nitrogen and oxygen atoms in total. The summed E-state index contributed by atoms with van der Waals surface area (Å²) in [5, 5.41) is 2.40. The lowest BCUT2D eigenvalue weighted by Gasteiger charge is -2.33. The molecule has 0 aliphatic carbocycles. The van der Waals surface area contributed by atoms with Gasteiger partial charge in [-0.1, -0.05) is 71.7 Å². The first-order valence-corrected chi connectivity index (χ1v) is 15.0. The molecule has 1 unspecified atom stereocenters. The standard InChI is InChI=1S/C28H28Cl2F3N3O4S/c1-3-34-27(38)25(15-19-9-5-4-6-10-19)35(17-20-11-7-8-12-23(20)29)26(37)18-36(41(2,39)40)21-13-14-24(30)22(16-21)28(31,32)33/h4-14,16,25H,3,15,17-18H2,1-2H3,(H,34,38). The van der Waals surface area contributed by atoms with Crippen LogP contribution in [0.1, 0.15) is 23.6 Å². The van der Waals surface area contributed by atoms with E-state index in [1.54, 1.807) is 61.5 Å². The van der Waals surface area contributed by atoms with E-state index in [-0.39, 0.29) is 19.5 Å². The maximum Gasteiger partial charge on any atom is 0.417 e. The Labute approximate surface area is 246 Å². The molecule has 0 saturated heterocycles. The molecule has 1 N–H and O–H groups in total. The Kier molecular flexibility index (Phi) is 10.7. The van der Waals surface area contributed by atoms with Crippen molar-refractivity contribution >= 4 is 50.7 Å². The molecule has 3 aromatic carbocycles. The number of benzene rings is 3. The normalized spacial score (nSPS) is 12.5. The zero-order valence-corrected chi connectivity index (χ0v) is 24.5. The van der Waals surface area contributed by atoms with E-state index in [0.29, 0.717) is 21.0 Å². The molecule has 41 heavy (non-hydrogen) atoms. The zero-order chi connectivity index (χ0) is 30.4. The number of hydrogen-bond acceptors (Lipinski definition) is 4. The van der Waals surface area contributed by atoms with Gasteiger partial charge in [0.15, 0.2) is 0 Å². The van der Waals surface area contributed by atoms with E-state index in [9.17, 15) is 31.2 Å². The van der Waals surface area contributed by atoms with Gasteiger partial charge >= 0.3 is 6.18 Å². The molecule has 0 spiro atoms. The Bertz CT molecular complexity index is 1490. The molecule has 0 radical (unpaired) electrons. The second kappa shape index (κ2) is 13.6. The third kappa shape index (κ3) is 8.61. The highest BCUT2D eigenvalue weighted by molar-refractivity contribution is 7.92. The van der Waals surface area contributed by atoms with Crippen LogP contribution in [0.25, 0.3) is 0 Å². The van der Waals surface area contributed by atoms with Gasteiger partial charge in [0.2, 0.25) is 21.8 Å². The van der Waals surface area contributed by atoms with Crippen LogP contribution in [0.15, 0.2) is 72.8 Å². The van der Waals surface area contributed by atoms with Crippen molar-refractivity contribution in [3.8, 4) is 0 Å². The molecule has 0 saturated carbocycles. The van der Waals surface area contributed by atoms with Crippen molar-refractivity contribution in [2.75, 3.05) is 23.7 Å². The molecule has 13 heteroatoms. The van der Waals surface area contributed by atoms with Crippen LogP contribution in [0.5, 0.6) is 0 Å². The van der Waals surface area contributed by atoms with E-state index in [2.05, 4.69) is 5.32 Å². The largest absolute Gasteiger partial charge is 0.417 e. The fraction of sp³-hybridized carbons (Fsp3) is 0.286. The number of amides is 2. The van der Waals surface area contributed by atoms with Crippen molar-refractivity contribution in [1.82, 2.24) is 10.2 Å². The van der Waals surface area contributed by atoms with Crippen molar-refractivity contribution in [2.24, 2.45) is 0 Å². The predicted molar refractivity (Wildman–Crippen MR) is 153 cm³/mol. The number of anilines is 1. The minimum Gasteiger partial charge on any atom is -0.355 e. The summed E-state index contributed by atoms with van der Waals surface area (Å²) in [6.07, 6.45) is -4.01.